The van der Waals surface area contributed by atoms with Gasteiger partial charge in [-0.2, -0.15) is 0 Å². The number of rotatable bonds is 7. The molecule has 0 aliphatic carbocycles. The lowest BCUT2D eigenvalue weighted by atomic mass is 10.1. The standard InChI is InChI=1S/C17H26N4O3/c1-3-21-12-13(24-15-8-5-4-7-14(15)21)11-20(2)16(22)9-6-10-19-17(18)23/h4-5,7-8,13H,3,6,9-12H2,1-2H3,(H3,18,19,23)/t13-/m1/s1. The van der Waals surface area contributed by atoms with Crippen molar-refractivity contribution in [1.29, 1.82) is 0 Å². The normalized spacial score (nSPS) is 16.1. The molecule has 1 aliphatic heterocycles. The zero-order valence-electron chi connectivity index (χ0n) is 14.3. The van der Waals surface area contributed by atoms with Crippen LogP contribution < -0.4 is 20.7 Å². The van der Waals surface area contributed by atoms with Crippen molar-refractivity contribution < 1.29 is 14.3 Å². The Labute approximate surface area is 142 Å². The third-order valence-electron chi connectivity index (χ3n) is 4.08. The van der Waals surface area contributed by atoms with Crippen LogP contribution in [-0.2, 0) is 4.79 Å². The Balaban J connectivity index is 1.85. The molecule has 3 amide bonds. The molecule has 7 nitrogen and oxygen atoms in total. The molecule has 7 heteroatoms. The number of benzene rings is 1. The summed E-state index contributed by atoms with van der Waals surface area (Å²) in [6.45, 7) is 4.71. The first-order chi connectivity index (χ1) is 11.5. The van der Waals surface area contributed by atoms with Gasteiger partial charge in [-0.1, -0.05) is 12.1 Å². The first-order valence-corrected chi connectivity index (χ1v) is 8.29. The van der Waals surface area contributed by atoms with Crippen LogP contribution in [0.1, 0.15) is 19.8 Å². The highest BCUT2D eigenvalue weighted by Crippen LogP contribution is 2.32. The van der Waals surface area contributed by atoms with Gasteiger partial charge in [0, 0.05) is 26.6 Å². The average molecular weight is 334 g/mol. The van der Waals surface area contributed by atoms with Gasteiger partial charge < -0.3 is 25.6 Å². The fourth-order valence-electron chi connectivity index (χ4n) is 2.82. The summed E-state index contributed by atoms with van der Waals surface area (Å²) >= 11 is 0. The van der Waals surface area contributed by atoms with E-state index in [1.165, 1.54) is 0 Å². The van der Waals surface area contributed by atoms with Gasteiger partial charge in [0.2, 0.25) is 5.91 Å². The Bertz CT molecular complexity index is 579. The molecule has 1 aromatic carbocycles. The lowest BCUT2D eigenvalue weighted by molar-refractivity contribution is -0.131. The number of para-hydroxylation sites is 2. The lowest BCUT2D eigenvalue weighted by Gasteiger charge is -2.37. The molecule has 132 valence electrons. The number of carbonyl (C=O) groups excluding carboxylic acids is 2. The number of likely N-dealkylation sites (N-methyl/N-ethyl adjacent to an activating group) is 2. The SMILES string of the molecule is CCN1C[C@@H](CN(C)C(=O)CCCNC(N)=O)Oc2ccccc21. The summed E-state index contributed by atoms with van der Waals surface area (Å²) in [5, 5.41) is 2.48. The summed E-state index contributed by atoms with van der Waals surface area (Å²) in [7, 11) is 1.78. The van der Waals surface area contributed by atoms with Gasteiger partial charge in [-0.15, -0.1) is 0 Å². The molecule has 0 unspecified atom stereocenters. The van der Waals surface area contributed by atoms with E-state index < -0.39 is 6.03 Å². The van der Waals surface area contributed by atoms with Crippen LogP contribution in [0.4, 0.5) is 10.5 Å². The van der Waals surface area contributed by atoms with Crippen molar-refractivity contribution in [2.75, 3.05) is 38.1 Å². The Morgan fingerprint density at radius 1 is 1.42 bits per heavy atom. The molecule has 3 N–H and O–H groups in total. The Hall–Kier alpha value is -2.44. The summed E-state index contributed by atoms with van der Waals surface area (Å²) < 4.78 is 6.03. The van der Waals surface area contributed by atoms with Crippen molar-refractivity contribution in [2.45, 2.75) is 25.9 Å². The maximum absolute atomic E-state index is 12.2. The number of nitrogens with one attached hydrogen (secondary N) is 1. The van der Waals surface area contributed by atoms with Crippen molar-refractivity contribution in [3.63, 3.8) is 0 Å². The molecule has 24 heavy (non-hydrogen) atoms. The van der Waals surface area contributed by atoms with E-state index in [0.29, 0.717) is 25.9 Å². The van der Waals surface area contributed by atoms with Crippen molar-refractivity contribution in [1.82, 2.24) is 10.2 Å². The molecule has 0 radical (unpaired) electrons. The number of amides is 3. The van der Waals surface area contributed by atoms with E-state index >= 15 is 0 Å². The Kier molecular flexibility index (Phi) is 6.28. The fraction of sp³-hybridized carbons (Fsp3) is 0.529. The Morgan fingerprint density at radius 3 is 2.88 bits per heavy atom. The van der Waals surface area contributed by atoms with Crippen LogP contribution >= 0.6 is 0 Å². The van der Waals surface area contributed by atoms with E-state index in [1.54, 1.807) is 11.9 Å². The highest BCUT2D eigenvalue weighted by atomic mass is 16.5. The Morgan fingerprint density at radius 2 is 2.17 bits per heavy atom. The second kappa shape index (κ2) is 8.42. The van der Waals surface area contributed by atoms with Crippen LogP contribution in [0, 0.1) is 0 Å². The van der Waals surface area contributed by atoms with Crippen molar-refractivity contribution in [3.8, 4) is 5.75 Å². The number of carbonyl (C=O) groups is 2. The van der Waals surface area contributed by atoms with Crippen LogP contribution in [-0.4, -0.2) is 56.2 Å². The molecule has 0 saturated carbocycles. The van der Waals surface area contributed by atoms with Crippen molar-refractivity contribution in [3.05, 3.63) is 24.3 Å². The van der Waals surface area contributed by atoms with Gasteiger partial charge in [-0.3, -0.25) is 4.79 Å². The van der Waals surface area contributed by atoms with Crippen LogP contribution in [0.15, 0.2) is 24.3 Å². The van der Waals surface area contributed by atoms with Gasteiger partial charge in [0.25, 0.3) is 0 Å². The summed E-state index contributed by atoms with van der Waals surface area (Å²) in [5.74, 6) is 0.897. The second-order valence-corrected chi connectivity index (χ2v) is 5.92. The highest BCUT2D eigenvalue weighted by Gasteiger charge is 2.26. The molecule has 2 rings (SSSR count). The maximum atomic E-state index is 12.2. The lowest BCUT2D eigenvalue weighted by Crippen LogP contribution is -2.46. The highest BCUT2D eigenvalue weighted by molar-refractivity contribution is 5.76. The third kappa shape index (κ3) is 4.78. The molecule has 1 aliphatic rings. The molecule has 0 bridgehead atoms. The van der Waals surface area contributed by atoms with Crippen LogP contribution in [0.25, 0.3) is 0 Å². The van der Waals surface area contributed by atoms with E-state index in [1.807, 2.05) is 18.2 Å². The van der Waals surface area contributed by atoms with Crippen molar-refractivity contribution in [2.24, 2.45) is 5.73 Å². The summed E-state index contributed by atoms with van der Waals surface area (Å²) in [6, 6.07) is 7.40. The second-order valence-electron chi connectivity index (χ2n) is 5.92. The smallest absolute Gasteiger partial charge is 0.312 e. The maximum Gasteiger partial charge on any atom is 0.312 e. The molecule has 1 aromatic rings. The number of hydrogen-bond donors (Lipinski definition) is 2. The molecule has 0 fully saturated rings. The number of primary amides is 1. The van der Waals surface area contributed by atoms with Crippen LogP contribution in [0.5, 0.6) is 5.75 Å². The molecule has 1 atom stereocenters. The average Bonchev–Trinajstić information content (AvgIpc) is 2.57. The quantitative estimate of drug-likeness (QED) is 0.733. The van der Waals surface area contributed by atoms with E-state index in [-0.39, 0.29) is 12.0 Å². The minimum atomic E-state index is -0.565. The number of urea groups is 1. The van der Waals surface area contributed by atoms with Gasteiger partial charge in [-0.25, -0.2) is 4.79 Å². The fourth-order valence-corrected chi connectivity index (χ4v) is 2.82. The zero-order chi connectivity index (χ0) is 17.5. The van der Waals surface area contributed by atoms with Crippen LogP contribution in [0.3, 0.4) is 0 Å². The molecule has 0 spiro atoms. The summed E-state index contributed by atoms with van der Waals surface area (Å²) in [6.07, 6.45) is 0.886. The number of fused-ring (bicyclic) bond motifs is 1. The third-order valence-corrected chi connectivity index (χ3v) is 4.08. The molecular formula is C17H26N4O3. The molecule has 1 heterocycles. The minimum Gasteiger partial charge on any atom is -0.485 e. The molecular weight excluding hydrogens is 308 g/mol. The predicted molar refractivity (Wildman–Crippen MR) is 93.2 cm³/mol. The van der Waals surface area contributed by atoms with Gasteiger partial charge >= 0.3 is 6.03 Å². The number of hydrogen-bond acceptors (Lipinski definition) is 4. The predicted octanol–water partition coefficient (Wildman–Crippen LogP) is 1.18. The van der Waals surface area contributed by atoms with Gasteiger partial charge in [-0.05, 0) is 25.5 Å². The molecule has 0 aromatic heterocycles. The van der Waals surface area contributed by atoms with E-state index in [0.717, 1.165) is 24.5 Å². The largest absolute Gasteiger partial charge is 0.485 e. The summed E-state index contributed by atoms with van der Waals surface area (Å²) in [5.41, 5.74) is 6.09. The summed E-state index contributed by atoms with van der Waals surface area (Å²) in [4.78, 5) is 26.7. The van der Waals surface area contributed by atoms with E-state index in [2.05, 4.69) is 23.2 Å². The van der Waals surface area contributed by atoms with Crippen LogP contribution in [0.2, 0.25) is 0 Å². The number of nitrogens with two attached hydrogens (primary N) is 1. The topological polar surface area (TPSA) is 87.9 Å². The van der Waals surface area contributed by atoms with Gasteiger partial charge in [0.15, 0.2) is 0 Å². The van der Waals surface area contributed by atoms with E-state index in [9.17, 15) is 9.59 Å². The van der Waals surface area contributed by atoms with E-state index in [4.69, 9.17) is 10.5 Å². The first-order valence-electron chi connectivity index (χ1n) is 8.29. The molecule has 0 saturated heterocycles. The van der Waals surface area contributed by atoms with Gasteiger partial charge in [0.1, 0.15) is 11.9 Å². The number of anilines is 1. The van der Waals surface area contributed by atoms with Crippen molar-refractivity contribution >= 4 is 17.6 Å². The first kappa shape index (κ1) is 17.9. The van der Waals surface area contributed by atoms with Gasteiger partial charge in [0.05, 0.1) is 18.8 Å². The number of ether oxygens (including phenoxy) is 1. The number of nitrogens with zero attached hydrogens (tertiary/aromatic N) is 2. The monoisotopic (exact) mass is 334 g/mol. The zero-order valence-corrected chi connectivity index (χ0v) is 14.3. The minimum absolute atomic E-state index is 0.0341.